The van der Waals surface area contributed by atoms with E-state index in [0.29, 0.717) is 17.4 Å². The number of aliphatic hydroxyl groups is 2. The lowest BCUT2D eigenvalue weighted by atomic mass is 9.92. The maximum atomic E-state index is 14.2. The lowest BCUT2D eigenvalue weighted by molar-refractivity contribution is -0.125. The van der Waals surface area contributed by atoms with E-state index in [-0.39, 0.29) is 32.6 Å². The Balaban J connectivity index is 0.00000614. The Bertz CT molecular complexity index is 1440. The summed E-state index contributed by atoms with van der Waals surface area (Å²) in [6.45, 7) is 2.04. The Morgan fingerprint density at radius 1 is 0.857 bits per heavy atom. The molecule has 0 radical (unpaired) electrons. The van der Waals surface area contributed by atoms with Crippen LogP contribution >= 0.6 is 23.5 Å². The smallest absolute Gasteiger partial charge is 0.253 e. The third kappa shape index (κ3) is 14.2. The summed E-state index contributed by atoms with van der Waals surface area (Å²) in [4.78, 5) is 57.7. The highest BCUT2D eigenvalue weighted by Gasteiger charge is 2.35. The quantitative estimate of drug-likeness (QED) is 0.110. The Hall–Kier alpha value is -3.92. The fraction of sp³-hybridized carbons (Fsp3) is 0.412. The molecule has 5 N–H and O–H groups in total. The van der Waals surface area contributed by atoms with E-state index in [1.54, 1.807) is 42.5 Å². The molecule has 0 saturated carbocycles. The summed E-state index contributed by atoms with van der Waals surface area (Å²) in [6.07, 6.45) is 3.35. The SMILES string of the molecule is CCCCSC[C@@H](NC(=O)c1cccnc1)C(=O)N[C@@H](Cc1cc(F)cc(F)c1)[C@@H](O)[C@H](O)[C@@H](CCSC)NC(=O)c1ccccc1.O=O.[HH].[HH]. The standard InChI is InChI=1S/C34H42F2N4O5S2.O2.2H2/c1-3-4-14-47-21-29(40-33(44)24-11-8-13-37-20-24)34(45)39-28(18-22-16-25(35)19-26(36)17-22)31(42)30(41)27(12-15-46-2)38-32(43)23-9-6-5-7-10-23;1-2;;/h5-11,13,16-17,19-20,27-31,41-42H,3-4,12,14-15,18,21H2,1-2H3,(H,38,43)(H,39,45)(H,40,44);;2*1H/t27-,28+,29-,30-,31-;;;/m1.../s1. The Morgan fingerprint density at radius 3 is 2.10 bits per heavy atom. The molecule has 3 rings (SSSR count). The Kier molecular flexibility index (Phi) is 19.1. The first kappa shape index (κ1) is 41.3. The minimum absolute atomic E-state index is 0. The van der Waals surface area contributed by atoms with Crippen molar-refractivity contribution in [2.24, 2.45) is 0 Å². The summed E-state index contributed by atoms with van der Waals surface area (Å²) in [7, 11) is 0. The molecule has 3 aromatic rings. The molecule has 0 aliphatic carbocycles. The number of amides is 3. The normalized spacial score (nSPS) is 13.8. The third-order valence-electron chi connectivity index (χ3n) is 7.34. The van der Waals surface area contributed by atoms with Gasteiger partial charge in [-0.25, -0.2) is 8.78 Å². The van der Waals surface area contributed by atoms with Crippen LogP contribution in [0.2, 0.25) is 0 Å². The second kappa shape index (κ2) is 22.7. The number of carbonyl (C=O) groups is 3. The van der Waals surface area contributed by atoms with Crippen LogP contribution in [0.15, 0.2) is 73.1 Å². The average Bonchev–Trinajstić information content (AvgIpc) is 3.11. The highest BCUT2D eigenvalue weighted by molar-refractivity contribution is 7.99. The van der Waals surface area contributed by atoms with Crippen LogP contribution in [0.4, 0.5) is 8.78 Å². The zero-order valence-corrected chi connectivity index (χ0v) is 28.9. The van der Waals surface area contributed by atoms with Crippen LogP contribution in [0.25, 0.3) is 0 Å². The summed E-state index contributed by atoms with van der Waals surface area (Å²) >= 11 is 2.95. The zero-order chi connectivity index (χ0) is 36.2. The van der Waals surface area contributed by atoms with Crippen molar-refractivity contribution in [3.63, 3.8) is 0 Å². The highest BCUT2D eigenvalue weighted by atomic mass is 32.2. The van der Waals surface area contributed by atoms with Gasteiger partial charge in [-0.15, -0.1) is 0 Å². The molecule has 0 unspecified atom stereocenters. The molecule has 11 nitrogen and oxygen atoms in total. The molecule has 270 valence electrons. The van der Waals surface area contributed by atoms with Gasteiger partial charge in [0.1, 0.15) is 29.9 Å². The fourth-order valence-corrected chi connectivity index (χ4v) is 6.40. The van der Waals surface area contributed by atoms with Crippen molar-refractivity contribution in [2.75, 3.05) is 23.5 Å². The molecule has 0 spiro atoms. The fourth-order valence-electron chi connectivity index (χ4n) is 4.78. The van der Waals surface area contributed by atoms with Crippen LogP contribution < -0.4 is 16.0 Å². The lowest BCUT2D eigenvalue weighted by Gasteiger charge is -2.33. The van der Waals surface area contributed by atoms with Gasteiger partial charge >= 0.3 is 0 Å². The first-order valence-electron chi connectivity index (χ1n) is 15.5. The van der Waals surface area contributed by atoms with Gasteiger partial charge in [0.05, 0.1) is 17.6 Å². The van der Waals surface area contributed by atoms with E-state index in [1.165, 1.54) is 35.9 Å². The molecule has 15 heteroatoms. The summed E-state index contributed by atoms with van der Waals surface area (Å²) in [5.74, 6) is -1.85. The van der Waals surface area contributed by atoms with E-state index in [2.05, 4.69) is 20.9 Å². The molecule has 0 saturated heterocycles. The summed E-state index contributed by atoms with van der Waals surface area (Å²) < 4.78 is 28.3. The summed E-state index contributed by atoms with van der Waals surface area (Å²) in [6, 6.07) is 11.2. The molecule has 2 aromatic carbocycles. The largest absolute Gasteiger partial charge is 0.388 e. The second-order valence-electron chi connectivity index (χ2n) is 11.0. The maximum Gasteiger partial charge on any atom is 0.253 e. The van der Waals surface area contributed by atoms with Crippen LogP contribution in [0, 0.1) is 21.6 Å². The molecule has 5 atom stereocenters. The van der Waals surface area contributed by atoms with Crippen LogP contribution in [0.5, 0.6) is 0 Å². The van der Waals surface area contributed by atoms with Gasteiger partial charge < -0.3 is 26.2 Å². The van der Waals surface area contributed by atoms with E-state index in [1.807, 2.05) is 13.2 Å². The minimum Gasteiger partial charge on any atom is -0.388 e. The number of unbranched alkanes of at least 4 members (excludes halogenated alkanes) is 1. The number of halogens is 2. The number of carbonyl (C=O) groups excluding carboxylic acids is 3. The van der Waals surface area contributed by atoms with Gasteiger partial charge in [0.2, 0.25) is 5.91 Å². The van der Waals surface area contributed by atoms with Gasteiger partial charge in [-0.3, -0.25) is 19.4 Å². The molecule has 0 aliphatic heterocycles. The number of benzene rings is 2. The Labute approximate surface area is 295 Å². The number of nitrogens with one attached hydrogen (secondary N) is 3. The second-order valence-corrected chi connectivity index (χ2v) is 13.1. The van der Waals surface area contributed by atoms with Crippen LogP contribution in [-0.4, -0.2) is 86.8 Å². The number of hydrogen-bond acceptors (Lipinski definition) is 10. The van der Waals surface area contributed by atoms with Gasteiger partial charge in [0.15, 0.2) is 0 Å². The molecule has 1 heterocycles. The summed E-state index contributed by atoms with van der Waals surface area (Å²) in [5.41, 5.74) is 0.731. The van der Waals surface area contributed by atoms with E-state index in [9.17, 15) is 33.4 Å². The number of hydrogen-bond donors (Lipinski definition) is 5. The molecule has 1 aromatic heterocycles. The van der Waals surface area contributed by atoms with Crippen molar-refractivity contribution >= 4 is 41.2 Å². The van der Waals surface area contributed by atoms with Gasteiger partial charge in [-0.1, -0.05) is 31.5 Å². The highest BCUT2D eigenvalue weighted by Crippen LogP contribution is 2.18. The van der Waals surface area contributed by atoms with Crippen LogP contribution in [-0.2, 0) is 11.2 Å². The number of thioether (sulfide) groups is 2. The number of rotatable bonds is 19. The van der Waals surface area contributed by atoms with Crippen molar-refractivity contribution in [3.05, 3.63) is 111 Å². The first-order chi connectivity index (χ1) is 23.6. The minimum atomic E-state index is -1.68. The van der Waals surface area contributed by atoms with E-state index in [4.69, 9.17) is 9.93 Å². The maximum absolute atomic E-state index is 14.2. The van der Waals surface area contributed by atoms with Crippen molar-refractivity contribution in [1.82, 2.24) is 20.9 Å². The molecule has 49 heavy (non-hydrogen) atoms. The molecular formula is C34H46F2N4O7S2. The molecule has 3 amide bonds. The van der Waals surface area contributed by atoms with Gasteiger partial charge in [0.25, 0.3) is 11.8 Å². The van der Waals surface area contributed by atoms with Crippen molar-refractivity contribution in [3.8, 4) is 0 Å². The van der Waals surface area contributed by atoms with Crippen molar-refractivity contribution in [2.45, 2.75) is 62.9 Å². The van der Waals surface area contributed by atoms with Gasteiger partial charge in [-0.2, -0.15) is 23.5 Å². The number of aromatic nitrogens is 1. The Morgan fingerprint density at radius 2 is 1.49 bits per heavy atom. The van der Waals surface area contributed by atoms with Crippen LogP contribution in [0.1, 0.15) is 55.3 Å². The van der Waals surface area contributed by atoms with Crippen molar-refractivity contribution in [1.29, 1.82) is 0 Å². The van der Waals surface area contributed by atoms with E-state index < -0.39 is 59.7 Å². The van der Waals surface area contributed by atoms with Gasteiger partial charge in [0, 0.05) is 42.6 Å². The number of nitrogens with zero attached hydrogens (tertiary/aromatic N) is 1. The van der Waals surface area contributed by atoms with E-state index in [0.717, 1.165) is 30.7 Å². The van der Waals surface area contributed by atoms with Crippen molar-refractivity contribution < 1.29 is 36.2 Å². The molecule has 0 fully saturated rings. The first-order valence-corrected chi connectivity index (χ1v) is 18.1. The summed E-state index contributed by atoms with van der Waals surface area (Å²) in [5, 5.41) is 31.2. The molecule has 0 aliphatic rings. The number of pyridine rings is 1. The molecular weight excluding hydrogens is 679 g/mol. The van der Waals surface area contributed by atoms with Crippen LogP contribution in [0.3, 0.4) is 0 Å². The topological polar surface area (TPSA) is 175 Å². The molecule has 0 bridgehead atoms. The third-order valence-corrected chi connectivity index (χ3v) is 9.13. The average molecular weight is 725 g/mol. The zero-order valence-electron chi connectivity index (χ0n) is 27.2. The monoisotopic (exact) mass is 724 g/mol. The van der Waals surface area contributed by atoms with E-state index >= 15 is 0 Å². The lowest BCUT2D eigenvalue weighted by Crippen LogP contribution is -2.59. The predicted octanol–water partition coefficient (Wildman–Crippen LogP) is 4.55. The van der Waals surface area contributed by atoms with Gasteiger partial charge in [-0.05, 0) is 79.0 Å². The predicted molar refractivity (Wildman–Crippen MR) is 193 cm³/mol. The number of aliphatic hydroxyl groups excluding tert-OH is 2.